The average molecular weight is 423 g/mol. The third kappa shape index (κ3) is 18.7. The SMILES string of the molecule is CCCCCC(=O)C[S+]1CCC(=O)CC1.CCCCCCCCS(=O)(=O)[O-]. The van der Waals surface area contributed by atoms with Gasteiger partial charge in [0.2, 0.25) is 0 Å². The van der Waals surface area contributed by atoms with Gasteiger partial charge < -0.3 is 4.55 Å². The van der Waals surface area contributed by atoms with E-state index in [1.165, 1.54) is 19.3 Å². The van der Waals surface area contributed by atoms with Crippen LogP contribution in [0.2, 0.25) is 0 Å². The molecule has 1 fully saturated rings. The van der Waals surface area contributed by atoms with E-state index in [0.29, 0.717) is 30.8 Å². The number of ketones is 2. The van der Waals surface area contributed by atoms with Crippen LogP contribution in [0.1, 0.15) is 90.9 Å². The highest BCUT2D eigenvalue weighted by Crippen LogP contribution is 2.12. The summed E-state index contributed by atoms with van der Waals surface area (Å²) in [6.45, 7) is 4.28. The quantitative estimate of drug-likeness (QED) is 0.254. The molecule has 0 atom stereocenters. The largest absolute Gasteiger partial charge is 0.748 e. The topological polar surface area (TPSA) is 91.3 Å². The zero-order valence-electron chi connectivity index (χ0n) is 17.2. The summed E-state index contributed by atoms with van der Waals surface area (Å²) in [4.78, 5) is 22.6. The number of rotatable bonds is 13. The van der Waals surface area contributed by atoms with Gasteiger partial charge >= 0.3 is 0 Å². The fraction of sp³-hybridized carbons (Fsp3) is 0.900. The van der Waals surface area contributed by atoms with E-state index in [9.17, 15) is 22.6 Å². The van der Waals surface area contributed by atoms with Gasteiger partial charge in [0.15, 0.2) is 11.5 Å². The molecule has 160 valence electrons. The minimum atomic E-state index is -3.97. The maximum absolute atomic E-state index is 11.6. The lowest BCUT2D eigenvalue weighted by atomic mass is 10.1. The molecule has 1 rings (SSSR count). The van der Waals surface area contributed by atoms with Crippen molar-refractivity contribution in [1.82, 2.24) is 0 Å². The first kappa shape index (κ1) is 26.6. The Morgan fingerprint density at radius 2 is 1.44 bits per heavy atom. The molecule has 0 aromatic heterocycles. The Hall–Kier alpha value is -0.400. The first-order valence-electron chi connectivity index (χ1n) is 10.4. The normalized spacial score (nSPS) is 15.3. The summed E-state index contributed by atoms with van der Waals surface area (Å²) in [5, 5.41) is 0. The van der Waals surface area contributed by atoms with Crippen LogP contribution in [0.5, 0.6) is 0 Å². The first-order valence-corrected chi connectivity index (χ1v) is 13.7. The highest BCUT2D eigenvalue weighted by atomic mass is 32.2. The minimum absolute atomic E-state index is 0.195. The summed E-state index contributed by atoms with van der Waals surface area (Å²) in [7, 11) is -3.74. The highest BCUT2D eigenvalue weighted by Gasteiger charge is 2.28. The molecule has 1 aliphatic rings. The maximum Gasteiger partial charge on any atom is 0.181 e. The lowest BCUT2D eigenvalue weighted by Gasteiger charge is -2.12. The Balaban J connectivity index is 0.000000516. The number of carbonyl (C=O) groups is 2. The summed E-state index contributed by atoms with van der Waals surface area (Å²) < 4.78 is 30.5. The second kappa shape index (κ2) is 16.5. The number of unbranched alkanes of at least 4 members (excludes halogenated alkanes) is 7. The van der Waals surface area contributed by atoms with E-state index in [0.717, 1.165) is 55.8 Å². The minimum Gasteiger partial charge on any atom is -0.748 e. The van der Waals surface area contributed by atoms with E-state index in [2.05, 4.69) is 13.8 Å². The Labute approximate surface area is 169 Å². The molecule has 0 N–H and O–H groups in total. The zero-order chi connectivity index (χ0) is 20.5. The lowest BCUT2D eigenvalue weighted by molar-refractivity contribution is -0.119. The van der Waals surface area contributed by atoms with Crippen molar-refractivity contribution >= 4 is 32.6 Å². The van der Waals surface area contributed by atoms with Crippen molar-refractivity contribution in [2.45, 2.75) is 90.9 Å². The molecule has 1 aliphatic heterocycles. The Morgan fingerprint density at radius 3 is 2.00 bits per heavy atom. The summed E-state index contributed by atoms with van der Waals surface area (Å²) >= 11 is 0. The standard InChI is InChI=1S/C12H21O2S.C8H18O3S/c1-2-3-4-5-12(14)10-15-8-6-11(13)7-9-15;1-2-3-4-5-6-7-8-12(9,10)11/h2-10H2,1H3;2-8H2,1H3,(H,9,10,11)/q+1;/p-1. The third-order valence-electron chi connectivity index (χ3n) is 4.51. The summed E-state index contributed by atoms with van der Waals surface area (Å²) in [5.41, 5.74) is 0. The van der Waals surface area contributed by atoms with Crippen LogP contribution in [-0.2, 0) is 30.6 Å². The molecule has 7 heteroatoms. The van der Waals surface area contributed by atoms with Gasteiger partial charge in [-0.3, -0.25) is 9.59 Å². The molecule has 0 spiro atoms. The van der Waals surface area contributed by atoms with E-state index in [4.69, 9.17) is 0 Å². The molecule has 0 aliphatic carbocycles. The molecule has 0 unspecified atom stereocenters. The van der Waals surface area contributed by atoms with Crippen LogP contribution >= 0.6 is 0 Å². The van der Waals surface area contributed by atoms with E-state index >= 15 is 0 Å². The van der Waals surface area contributed by atoms with Crippen molar-refractivity contribution in [3.8, 4) is 0 Å². The summed E-state index contributed by atoms with van der Waals surface area (Å²) in [6, 6.07) is 0. The summed E-state index contributed by atoms with van der Waals surface area (Å²) in [5.74, 6) is 3.30. The van der Waals surface area contributed by atoms with Crippen molar-refractivity contribution in [3.63, 3.8) is 0 Å². The first-order chi connectivity index (χ1) is 12.8. The van der Waals surface area contributed by atoms with Crippen molar-refractivity contribution in [2.24, 2.45) is 0 Å². The maximum atomic E-state index is 11.6. The molecule has 0 aromatic carbocycles. The molecule has 0 saturated carbocycles. The second-order valence-electron chi connectivity index (χ2n) is 7.23. The van der Waals surface area contributed by atoms with Gasteiger partial charge in [-0.2, -0.15) is 0 Å². The second-order valence-corrected chi connectivity index (χ2v) is 11.1. The molecule has 1 saturated heterocycles. The van der Waals surface area contributed by atoms with Crippen molar-refractivity contribution < 1.29 is 22.6 Å². The van der Waals surface area contributed by atoms with Gasteiger partial charge in [0.1, 0.15) is 17.3 Å². The summed E-state index contributed by atoms with van der Waals surface area (Å²) in [6.07, 6.45) is 11.5. The number of hydrogen-bond donors (Lipinski definition) is 0. The fourth-order valence-electron chi connectivity index (χ4n) is 2.82. The molecule has 27 heavy (non-hydrogen) atoms. The van der Waals surface area contributed by atoms with Gasteiger partial charge in [-0.1, -0.05) is 58.8 Å². The van der Waals surface area contributed by atoms with Crippen LogP contribution in [0.15, 0.2) is 0 Å². The molecule has 0 amide bonds. The molecule has 1 heterocycles. The van der Waals surface area contributed by atoms with E-state index in [1.54, 1.807) is 0 Å². The molecule has 0 aromatic rings. The van der Waals surface area contributed by atoms with Gasteiger partial charge in [0.05, 0.1) is 23.0 Å². The van der Waals surface area contributed by atoms with Crippen LogP contribution in [0.3, 0.4) is 0 Å². The highest BCUT2D eigenvalue weighted by molar-refractivity contribution is 7.97. The average Bonchev–Trinajstić information content (AvgIpc) is 2.60. The molecular formula is C20H38O5S2. The third-order valence-corrected chi connectivity index (χ3v) is 7.59. The van der Waals surface area contributed by atoms with Crippen molar-refractivity contribution in [2.75, 3.05) is 23.0 Å². The predicted octanol–water partition coefficient (Wildman–Crippen LogP) is 4.01. The molecule has 0 bridgehead atoms. The van der Waals surface area contributed by atoms with Gasteiger partial charge in [0.25, 0.3) is 0 Å². The smallest absolute Gasteiger partial charge is 0.181 e. The lowest BCUT2D eigenvalue weighted by Crippen LogP contribution is -2.29. The molecular weight excluding hydrogens is 384 g/mol. The van der Waals surface area contributed by atoms with Gasteiger partial charge in [-0.05, 0) is 23.7 Å². The van der Waals surface area contributed by atoms with E-state index < -0.39 is 10.1 Å². The Kier molecular flexibility index (Phi) is 16.3. The van der Waals surface area contributed by atoms with Gasteiger partial charge in [-0.15, -0.1) is 0 Å². The number of carbonyl (C=O) groups excluding carboxylic acids is 2. The number of hydrogen-bond acceptors (Lipinski definition) is 5. The predicted molar refractivity (Wildman–Crippen MR) is 113 cm³/mol. The van der Waals surface area contributed by atoms with E-state index in [1.807, 2.05) is 0 Å². The molecule has 0 radical (unpaired) electrons. The van der Waals surface area contributed by atoms with Crippen LogP contribution < -0.4 is 0 Å². The van der Waals surface area contributed by atoms with Crippen LogP contribution in [-0.4, -0.2) is 47.5 Å². The van der Waals surface area contributed by atoms with Crippen LogP contribution in [0.4, 0.5) is 0 Å². The van der Waals surface area contributed by atoms with Gasteiger partial charge in [-0.25, -0.2) is 8.42 Å². The molecule has 5 nitrogen and oxygen atoms in total. The van der Waals surface area contributed by atoms with Crippen LogP contribution in [0.25, 0.3) is 0 Å². The van der Waals surface area contributed by atoms with Crippen molar-refractivity contribution in [3.05, 3.63) is 0 Å². The fourth-order valence-corrected chi connectivity index (χ4v) is 5.50. The van der Waals surface area contributed by atoms with Crippen molar-refractivity contribution in [1.29, 1.82) is 0 Å². The number of Topliss-reactive ketones (excluding diaryl/α,β-unsaturated/α-hetero) is 2. The van der Waals surface area contributed by atoms with Gasteiger partial charge in [0, 0.05) is 12.2 Å². The zero-order valence-corrected chi connectivity index (χ0v) is 18.8. The van der Waals surface area contributed by atoms with Crippen LogP contribution in [0, 0.1) is 0 Å². The Morgan fingerprint density at radius 1 is 0.926 bits per heavy atom. The van der Waals surface area contributed by atoms with E-state index in [-0.39, 0.29) is 16.6 Å². The Bertz CT molecular complexity index is 493. The monoisotopic (exact) mass is 422 g/mol.